The summed E-state index contributed by atoms with van der Waals surface area (Å²) in [4.78, 5) is 42.8. The average molecular weight is 847 g/mol. The maximum absolute atomic E-state index is 14.2. The molecule has 0 spiro atoms. The van der Waals surface area contributed by atoms with E-state index in [4.69, 9.17) is 24.7 Å². The number of carbonyl (C=O) groups is 3. The molecule has 0 saturated carbocycles. The minimum atomic E-state index is -1.10. The van der Waals surface area contributed by atoms with Crippen LogP contribution in [0.25, 0.3) is 11.1 Å². The molecule has 0 aromatic heterocycles. The van der Waals surface area contributed by atoms with Crippen molar-refractivity contribution in [2.75, 3.05) is 32.3 Å². The first-order valence-electron chi connectivity index (χ1n) is 21.3. The van der Waals surface area contributed by atoms with Gasteiger partial charge in [0.25, 0.3) is 5.91 Å². The van der Waals surface area contributed by atoms with Crippen molar-refractivity contribution in [2.24, 2.45) is 5.73 Å². The zero-order chi connectivity index (χ0) is 44.2. The molecule has 7 rings (SSSR count). The van der Waals surface area contributed by atoms with E-state index in [9.17, 15) is 14.4 Å². The number of carbonyl (C=O) groups excluding carboxylic acids is 3. The van der Waals surface area contributed by atoms with E-state index >= 15 is 0 Å². The van der Waals surface area contributed by atoms with Gasteiger partial charge in [0.15, 0.2) is 12.4 Å². The Morgan fingerprint density at radius 2 is 1.32 bits per heavy atom. The number of fused-ring (bicyclic) bond motifs is 3. The molecule has 11 nitrogen and oxygen atoms in total. The number of ketones is 1. The summed E-state index contributed by atoms with van der Waals surface area (Å²) in [6.45, 7) is 2.04. The monoisotopic (exact) mass is 846 g/mol. The van der Waals surface area contributed by atoms with Crippen LogP contribution in [0.3, 0.4) is 0 Å². The van der Waals surface area contributed by atoms with Gasteiger partial charge in [0, 0.05) is 18.4 Å². The molecule has 0 unspecified atom stereocenters. The summed E-state index contributed by atoms with van der Waals surface area (Å²) in [7, 11) is 3.11. The predicted molar refractivity (Wildman–Crippen MR) is 245 cm³/mol. The normalized spacial score (nSPS) is 12.4. The van der Waals surface area contributed by atoms with E-state index in [1.54, 1.807) is 44.6 Å². The lowest BCUT2D eigenvalue weighted by Gasteiger charge is -2.36. The number of methoxy groups -OCH3 is 2. The zero-order valence-electron chi connectivity index (χ0n) is 35.9. The second-order valence-corrected chi connectivity index (χ2v) is 15.6. The third-order valence-electron chi connectivity index (χ3n) is 11.5. The quantitative estimate of drug-likeness (QED) is 0.0642. The molecule has 11 heteroatoms. The molecule has 1 aliphatic rings. The van der Waals surface area contributed by atoms with Crippen LogP contribution in [0.1, 0.15) is 66.3 Å². The van der Waals surface area contributed by atoms with Gasteiger partial charge in [-0.25, -0.2) is 10.2 Å². The number of ether oxygens (including phenoxy) is 4. The lowest BCUT2D eigenvalue weighted by molar-refractivity contribution is -0.126. The summed E-state index contributed by atoms with van der Waals surface area (Å²) in [5.74, 6) is 0.777. The van der Waals surface area contributed by atoms with Crippen molar-refractivity contribution in [2.45, 2.75) is 56.7 Å². The van der Waals surface area contributed by atoms with Crippen LogP contribution in [0.5, 0.6) is 17.2 Å². The Morgan fingerprint density at radius 1 is 0.730 bits per heavy atom. The van der Waals surface area contributed by atoms with Crippen molar-refractivity contribution < 1.29 is 33.3 Å². The third-order valence-corrected chi connectivity index (χ3v) is 11.5. The molecule has 2 amide bonds. The van der Waals surface area contributed by atoms with Gasteiger partial charge in [0.05, 0.1) is 38.0 Å². The highest BCUT2D eigenvalue weighted by atomic mass is 16.6. The van der Waals surface area contributed by atoms with Crippen LogP contribution >= 0.6 is 0 Å². The van der Waals surface area contributed by atoms with Crippen molar-refractivity contribution in [3.63, 3.8) is 0 Å². The van der Waals surface area contributed by atoms with Crippen LogP contribution in [-0.4, -0.2) is 51.3 Å². The first kappa shape index (κ1) is 44.1. The number of hydrogen-bond donors (Lipinski definition) is 3. The number of amides is 2. The Morgan fingerprint density at radius 3 is 1.90 bits per heavy atom. The van der Waals surface area contributed by atoms with Crippen LogP contribution in [-0.2, 0) is 26.4 Å². The Kier molecular flexibility index (Phi) is 14.5. The van der Waals surface area contributed by atoms with Gasteiger partial charge in [0.2, 0.25) is 0 Å². The lowest BCUT2D eigenvalue weighted by atomic mass is 9.78. The third kappa shape index (κ3) is 10.2. The Labute approximate surface area is 369 Å². The molecule has 4 N–H and O–H groups in total. The first-order valence-corrected chi connectivity index (χ1v) is 21.3. The summed E-state index contributed by atoms with van der Waals surface area (Å²) < 4.78 is 23.2. The summed E-state index contributed by atoms with van der Waals surface area (Å²) in [5.41, 5.74) is 18.7. The molecule has 6 aromatic rings. The van der Waals surface area contributed by atoms with E-state index in [1.165, 1.54) is 4.90 Å². The Balaban J connectivity index is 1.04. The molecule has 0 fully saturated rings. The maximum atomic E-state index is 14.2. The number of nitrogens with one attached hydrogen (secondary N) is 2. The molecule has 6 aromatic carbocycles. The van der Waals surface area contributed by atoms with Gasteiger partial charge in [-0.2, -0.15) is 0 Å². The fourth-order valence-electron chi connectivity index (χ4n) is 8.15. The molecular formula is C52H54N4O7. The minimum absolute atomic E-state index is 0.0178. The van der Waals surface area contributed by atoms with Gasteiger partial charge in [-0.05, 0) is 69.6 Å². The molecule has 0 radical (unpaired) electrons. The van der Waals surface area contributed by atoms with Crippen LogP contribution in [0.4, 0.5) is 10.5 Å². The van der Waals surface area contributed by atoms with Crippen molar-refractivity contribution in [1.29, 1.82) is 0 Å². The Bertz CT molecular complexity index is 2390. The fraction of sp³-hybridized carbons (Fsp3) is 0.250. The van der Waals surface area contributed by atoms with E-state index in [0.717, 1.165) is 51.8 Å². The van der Waals surface area contributed by atoms with Gasteiger partial charge in [0.1, 0.15) is 23.9 Å². The number of benzene rings is 6. The summed E-state index contributed by atoms with van der Waals surface area (Å²) in [6, 6.07) is 47.3. The highest BCUT2D eigenvalue weighted by molar-refractivity contribution is 5.90. The van der Waals surface area contributed by atoms with E-state index < -0.39 is 23.6 Å². The minimum Gasteiger partial charge on any atom is -0.497 e. The van der Waals surface area contributed by atoms with Gasteiger partial charge in [-0.3, -0.25) is 19.9 Å². The first-order chi connectivity index (χ1) is 30.7. The van der Waals surface area contributed by atoms with E-state index in [1.807, 2.05) is 97.1 Å². The van der Waals surface area contributed by atoms with Crippen LogP contribution in [0.2, 0.25) is 0 Å². The van der Waals surface area contributed by atoms with Crippen molar-refractivity contribution in [3.05, 3.63) is 179 Å². The smallest absolute Gasteiger partial charge is 0.414 e. The van der Waals surface area contributed by atoms with Crippen molar-refractivity contribution >= 4 is 23.5 Å². The molecule has 1 atom stereocenters. The number of hydrogen-bond acceptors (Lipinski definition) is 9. The summed E-state index contributed by atoms with van der Waals surface area (Å²) in [5, 5.41) is 0. The zero-order valence-corrected chi connectivity index (χ0v) is 35.9. The number of nitrogens with zero attached hydrogens (tertiary/aromatic N) is 1. The van der Waals surface area contributed by atoms with Gasteiger partial charge < -0.3 is 24.7 Å². The molecule has 1 aliphatic carbocycles. The molecule has 63 heavy (non-hydrogen) atoms. The van der Waals surface area contributed by atoms with Crippen molar-refractivity contribution in [1.82, 2.24) is 10.9 Å². The highest BCUT2D eigenvalue weighted by Crippen LogP contribution is 2.45. The number of anilines is 1. The second kappa shape index (κ2) is 20.7. The highest BCUT2D eigenvalue weighted by Gasteiger charge is 2.38. The number of hydrazine groups is 1. The van der Waals surface area contributed by atoms with E-state index in [2.05, 4.69) is 42.0 Å². The number of nitrogens with two attached hydrogens (primary N) is 1. The summed E-state index contributed by atoms with van der Waals surface area (Å²) in [6.07, 6.45) is 1.82. The summed E-state index contributed by atoms with van der Waals surface area (Å²) >= 11 is 0. The predicted octanol–water partition coefficient (Wildman–Crippen LogP) is 9.08. The fourth-order valence-corrected chi connectivity index (χ4v) is 8.15. The maximum Gasteiger partial charge on any atom is 0.414 e. The average Bonchev–Trinajstić information content (AvgIpc) is 3.66. The van der Waals surface area contributed by atoms with Crippen molar-refractivity contribution in [3.8, 4) is 28.4 Å². The number of Topliss-reactive ketones (excluding diaryl/α,β-unsaturated/α-hetero) is 1. The largest absolute Gasteiger partial charge is 0.497 e. The van der Waals surface area contributed by atoms with E-state index in [-0.39, 0.29) is 37.9 Å². The number of unbranched alkanes of at least 4 members (excludes halogenated alkanes) is 1. The van der Waals surface area contributed by atoms with Gasteiger partial charge >= 0.3 is 6.09 Å². The second-order valence-electron chi connectivity index (χ2n) is 15.6. The molecule has 0 saturated heterocycles. The van der Waals surface area contributed by atoms with Gasteiger partial charge in [-0.1, -0.05) is 141 Å². The SMILES string of the molecule is CCCC[C@H](N)C(=O)CC(NNC(=O)COc1ccc(CN(C(=O)OCC2c3ccccc3-c3ccccc32)c2ccc(OC)cc2OC)cc1)(c1ccccc1)c1ccccc1. The van der Waals surface area contributed by atoms with Crippen LogP contribution in [0.15, 0.2) is 152 Å². The molecule has 324 valence electrons. The number of rotatable bonds is 20. The Hall–Kier alpha value is -6.95. The van der Waals surface area contributed by atoms with E-state index in [0.29, 0.717) is 29.4 Å². The molecule has 0 aliphatic heterocycles. The molecule has 0 heterocycles. The molecular weight excluding hydrogens is 793 g/mol. The standard InChI is InChI=1S/C52H54N4O7/c1-4-5-24-46(53)48(57)32-52(37-16-8-6-9-17-37,38-18-10-7-11-19-38)55-54-50(58)35-62-39-27-25-36(26-28-39)33-56(47-30-29-40(60-2)31-49(47)61-3)51(59)63-34-45-43-22-14-12-20-41(43)42-21-13-15-23-44(42)45/h6-23,25-31,45-46,55H,4-5,24,32-35,53H2,1-3H3,(H,54,58)/t46-/m0/s1. The lowest BCUT2D eigenvalue weighted by Crippen LogP contribution is -2.55. The molecule has 0 bridgehead atoms. The van der Waals surface area contributed by atoms with Gasteiger partial charge in [-0.15, -0.1) is 0 Å². The van der Waals surface area contributed by atoms with Crippen LogP contribution < -0.4 is 35.7 Å². The van der Waals surface area contributed by atoms with Crippen LogP contribution in [0, 0.1) is 0 Å². The topological polar surface area (TPSA) is 141 Å².